The van der Waals surface area contributed by atoms with Gasteiger partial charge in [-0.1, -0.05) is 17.7 Å². The number of aryl methyl sites for hydroxylation is 3. The molecular weight excluding hydrogens is 432 g/mol. The number of rotatable bonds is 11. The van der Waals surface area contributed by atoms with Crippen LogP contribution < -0.4 is 14.2 Å². The van der Waals surface area contributed by atoms with Gasteiger partial charge in [-0.05, 0) is 44.5 Å². The number of carbonyl (C=O) groups excluding carboxylic acids is 2. The summed E-state index contributed by atoms with van der Waals surface area (Å²) in [6, 6.07) is 11.2. The number of methoxy groups -OCH3 is 1. The van der Waals surface area contributed by atoms with Crippen molar-refractivity contribution in [2.45, 2.75) is 52.5 Å². The summed E-state index contributed by atoms with van der Waals surface area (Å²) in [5.41, 5.74) is 3.64. The highest BCUT2D eigenvalue weighted by Gasteiger charge is 2.18. The van der Waals surface area contributed by atoms with Crippen LogP contribution in [0.2, 0.25) is 0 Å². The maximum Gasteiger partial charge on any atom is 0.231 e. The van der Waals surface area contributed by atoms with E-state index in [1.54, 1.807) is 25.3 Å². The van der Waals surface area contributed by atoms with Crippen molar-refractivity contribution in [2.24, 2.45) is 0 Å². The monoisotopic (exact) mass is 462 g/mol. The second-order valence-corrected chi connectivity index (χ2v) is 8.43. The number of ether oxygens (including phenoxy) is 3. The van der Waals surface area contributed by atoms with Crippen molar-refractivity contribution in [1.29, 1.82) is 0 Å². The lowest BCUT2D eigenvalue weighted by molar-refractivity contribution is -0.118. The Morgan fingerprint density at radius 3 is 2.68 bits per heavy atom. The van der Waals surface area contributed by atoms with E-state index in [1.807, 2.05) is 38.2 Å². The molecule has 3 aromatic rings. The van der Waals surface area contributed by atoms with Crippen LogP contribution in [0.3, 0.4) is 0 Å². The topological polar surface area (TPSA) is 79.7 Å². The zero-order chi connectivity index (χ0) is 24.1. The molecule has 2 heterocycles. The van der Waals surface area contributed by atoms with E-state index in [0.717, 1.165) is 34.9 Å². The number of Topliss-reactive ketones (excluding diaryl/α,β-unsaturated/α-hetero) is 2. The number of benzene rings is 2. The number of hydrogen-bond donors (Lipinski definition) is 0. The molecule has 0 N–H and O–H groups in total. The van der Waals surface area contributed by atoms with Crippen molar-refractivity contribution >= 4 is 11.6 Å². The Morgan fingerprint density at radius 1 is 1.06 bits per heavy atom. The molecule has 0 bridgehead atoms. The predicted molar refractivity (Wildman–Crippen MR) is 128 cm³/mol. The van der Waals surface area contributed by atoms with E-state index in [2.05, 4.69) is 9.55 Å². The molecule has 178 valence electrons. The average Bonchev–Trinajstić information content (AvgIpc) is 3.47. The van der Waals surface area contributed by atoms with Crippen LogP contribution in [0.5, 0.6) is 17.2 Å². The standard InChI is InChI=1S/C27H30N2O5/c1-4-29-21(7-8-22(30)14-20-13-18(2)5-10-24(20)32-3)16-28-27(29)12-9-23(31)19-6-11-25-26(15-19)34-17-33-25/h5-6,10-11,13,15-16H,4,7-9,12,14,17H2,1-3H3. The average molecular weight is 463 g/mol. The number of hydrogen-bond acceptors (Lipinski definition) is 6. The third-order valence-electron chi connectivity index (χ3n) is 6.09. The maximum absolute atomic E-state index is 12.7. The third-order valence-corrected chi connectivity index (χ3v) is 6.09. The van der Waals surface area contributed by atoms with Crippen LogP contribution in [-0.2, 0) is 30.6 Å². The molecule has 2 aromatic carbocycles. The van der Waals surface area contributed by atoms with Gasteiger partial charge in [0.25, 0.3) is 0 Å². The fourth-order valence-electron chi connectivity index (χ4n) is 4.29. The van der Waals surface area contributed by atoms with Crippen molar-refractivity contribution < 1.29 is 23.8 Å². The Hall–Kier alpha value is -3.61. The highest BCUT2D eigenvalue weighted by Crippen LogP contribution is 2.33. The molecule has 0 spiro atoms. The zero-order valence-electron chi connectivity index (χ0n) is 19.9. The van der Waals surface area contributed by atoms with Crippen LogP contribution >= 0.6 is 0 Å². The van der Waals surface area contributed by atoms with Gasteiger partial charge in [0, 0.05) is 55.2 Å². The molecule has 0 unspecified atom stereocenters. The highest BCUT2D eigenvalue weighted by atomic mass is 16.7. The molecule has 0 aliphatic carbocycles. The lowest BCUT2D eigenvalue weighted by Crippen LogP contribution is -2.11. The minimum absolute atomic E-state index is 0.0350. The summed E-state index contributed by atoms with van der Waals surface area (Å²) in [5, 5.41) is 0. The normalized spacial score (nSPS) is 12.1. The van der Waals surface area contributed by atoms with Gasteiger partial charge >= 0.3 is 0 Å². The minimum atomic E-state index is 0.0350. The molecule has 0 saturated heterocycles. The Balaban J connectivity index is 1.34. The maximum atomic E-state index is 12.7. The van der Waals surface area contributed by atoms with Gasteiger partial charge < -0.3 is 18.8 Å². The van der Waals surface area contributed by atoms with E-state index in [0.29, 0.717) is 49.2 Å². The molecule has 4 rings (SSSR count). The number of carbonyl (C=O) groups is 2. The van der Waals surface area contributed by atoms with Crippen LogP contribution in [0.1, 0.15) is 52.8 Å². The molecule has 7 heteroatoms. The van der Waals surface area contributed by atoms with Crippen LogP contribution in [0.4, 0.5) is 0 Å². The van der Waals surface area contributed by atoms with Gasteiger partial charge in [-0.15, -0.1) is 0 Å². The number of aromatic nitrogens is 2. The van der Waals surface area contributed by atoms with Gasteiger partial charge in [0.1, 0.15) is 17.4 Å². The first kappa shape index (κ1) is 23.5. The second kappa shape index (κ2) is 10.5. The first-order valence-corrected chi connectivity index (χ1v) is 11.6. The number of imidazole rings is 1. The first-order valence-electron chi connectivity index (χ1n) is 11.6. The fourth-order valence-corrected chi connectivity index (χ4v) is 4.29. The summed E-state index contributed by atoms with van der Waals surface area (Å²) >= 11 is 0. The molecule has 1 aliphatic rings. The summed E-state index contributed by atoms with van der Waals surface area (Å²) in [5.74, 6) is 3.07. The largest absolute Gasteiger partial charge is 0.496 e. The minimum Gasteiger partial charge on any atom is -0.496 e. The first-order chi connectivity index (χ1) is 16.5. The third kappa shape index (κ3) is 5.30. The van der Waals surface area contributed by atoms with E-state index in [9.17, 15) is 9.59 Å². The lowest BCUT2D eigenvalue weighted by Gasteiger charge is -2.11. The van der Waals surface area contributed by atoms with Gasteiger partial charge in [0.15, 0.2) is 17.3 Å². The van der Waals surface area contributed by atoms with Crippen LogP contribution in [0.25, 0.3) is 0 Å². The van der Waals surface area contributed by atoms with Crippen LogP contribution in [0, 0.1) is 6.92 Å². The lowest BCUT2D eigenvalue weighted by atomic mass is 10.0. The number of nitrogens with zero attached hydrogens (tertiary/aromatic N) is 2. The molecule has 0 radical (unpaired) electrons. The van der Waals surface area contributed by atoms with Gasteiger partial charge in [-0.2, -0.15) is 0 Å². The SMILES string of the molecule is CCn1c(CCC(=O)Cc2cc(C)ccc2OC)cnc1CCC(=O)c1ccc2c(c1)OCO2. The van der Waals surface area contributed by atoms with Crippen molar-refractivity contribution in [1.82, 2.24) is 9.55 Å². The van der Waals surface area contributed by atoms with Gasteiger partial charge in [0.05, 0.1) is 7.11 Å². The van der Waals surface area contributed by atoms with Crippen LogP contribution in [0.15, 0.2) is 42.6 Å². The highest BCUT2D eigenvalue weighted by molar-refractivity contribution is 5.96. The molecule has 0 amide bonds. The summed E-state index contributed by atoms with van der Waals surface area (Å²) in [4.78, 5) is 29.9. The number of ketones is 2. The molecule has 0 atom stereocenters. The second-order valence-electron chi connectivity index (χ2n) is 8.43. The van der Waals surface area contributed by atoms with E-state index >= 15 is 0 Å². The Labute approximate surface area is 199 Å². The molecule has 7 nitrogen and oxygen atoms in total. The van der Waals surface area contributed by atoms with Gasteiger partial charge in [-0.3, -0.25) is 9.59 Å². The Bertz CT molecular complexity index is 1200. The summed E-state index contributed by atoms with van der Waals surface area (Å²) in [6.45, 7) is 4.98. The number of fused-ring (bicyclic) bond motifs is 1. The molecule has 1 aromatic heterocycles. The molecular formula is C27H30N2O5. The molecule has 34 heavy (non-hydrogen) atoms. The van der Waals surface area contributed by atoms with E-state index in [1.165, 1.54) is 0 Å². The van der Waals surface area contributed by atoms with Crippen molar-refractivity contribution in [3.8, 4) is 17.2 Å². The fraction of sp³-hybridized carbons (Fsp3) is 0.370. The molecule has 0 saturated carbocycles. The zero-order valence-corrected chi connectivity index (χ0v) is 19.9. The Kier molecular flexibility index (Phi) is 7.30. The van der Waals surface area contributed by atoms with E-state index in [-0.39, 0.29) is 18.4 Å². The molecule has 0 fully saturated rings. The summed E-state index contributed by atoms with van der Waals surface area (Å²) < 4.78 is 18.2. The summed E-state index contributed by atoms with van der Waals surface area (Å²) in [6.07, 6.45) is 4.10. The van der Waals surface area contributed by atoms with Crippen LogP contribution in [-0.4, -0.2) is 35.0 Å². The van der Waals surface area contributed by atoms with E-state index < -0.39 is 0 Å². The quantitative estimate of drug-likeness (QED) is 0.390. The van der Waals surface area contributed by atoms with Gasteiger partial charge in [-0.25, -0.2) is 4.98 Å². The Morgan fingerprint density at radius 2 is 1.88 bits per heavy atom. The van der Waals surface area contributed by atoms with Gasteiger partial charge in [0.2, 0.25) is 6.79 Å². The predicted octanol–water partition coefficient (Wildman–Crippen LogP) is 4.51. The summed E-state index contributed by atoms with van der Waals surface area (Å²) in [7, 11) is 1.62. The molecule has 1 aliphatic heterocycles. The van der Waals surface area contributed by atoms with E-state index in [4.69, 9.17) is 14.2 Å². The van der Waals surface area contributed by atoms with Crippen molar-refractivity contribution in [3.63, 3.8) is 0 Å². The van der Waals surface area contributed by atoms with Crippen molar-refractivity contribution in [2.75, 3.05) is 13.9 Å². The van der Waals surface area contributed by atoms with Crippen molar-refractivity contribution in [3.05, 3.63) is 70.8 Å². The smallest absolute Gasteiger partial charge is 0.231 e.